The number of likely N-dealkylation sites (N-methyl/N-ethyl adjacent to an activating group) is 1. The molecule has 0 aliphatic heterocycles. The third-order valence-corrected chi connectivity index (χ3v) is 4.16. The molecule has 1 atom stereocenters. The minimum Gasteiger partial charge on any atom is -0.475 e. The number of carboxylic acids is 1. The first-order valence-electron chi connectivity index (χ1n) is 5.63. The van der Waals surface area contributed by atoms with Gasteiger partial charge in [-0.3, -0.25) is 4.79 Å². The quantitative estimate of drug-likeness (QED) is 0.793. The average Bonchev–Trinajstić information content (AvgIpc) is 2.70. The van der Waals surface area contributed by atoms with E-state index in [1.54, 1.807) is 0 Å². The zero-order chi connectivity index (χ0) is 15.7. The largest absolute Gasteiger partial charge is 0.475 e. The second-order valence-corrected chi connectivity index (χ2v) is 6.09. The summed E-state index contributed by atoms with van der Waals surface area (Å²) in [6.45, 7) is 2.73. The van der Waals surface area contributed by atoms with Crippen LogP contribution in [0.2, 0.25) is 0 Å². The van der Waals surface area contributed by atoms with Crippen molar-refractivity contribution >= 4 is 21.9 Å². The average molecular weight is 304 g/mol. The smallest absolute Gasteiger partial charge is 0.371 e. The SMILES string of the molecule is Cc1oc(C(=O)O)cc1S(=O)(=O)NC(C)C(=O)N(C)C. The Labute approximate surface area is 116 Å². The molecule has 1 rings (SSSR count). The Bertz CT molecular complexity index is 631. The van der Waals surface area contributed by atoms with Crippen LogP contribution in [0.4, 0.5) is 0 Å². The molecule has 0 aromatic carbocycles. The van der Waals surface area contributed by atoms with Crippen LogP contribution in [0, 0.1) is 6.92 Å². The van der Waals surface area contributed by atoms with Crippen molar-refractivity contribution in [1.82, 2.24) is 9.62 Å². The maximum atomic E-state index is 12.1. The summed E-state index contributed by atoms with van der Waals surface area (Å²) in [5, 5.41) is 8.76. The van der Waals surface area contributed by atoms with Gasteiger partial charge in [0.05, 0.1) is 6.04 Å². The number of aryl methyl sites for hydroxylation is 1. The lowest BCUT2D eigenvalue weighted by Crippen LogP contribution is -2.44. The summed E-state index contributed by atoms with van der Waals surface area (Å²) in [6, 6.07) is -0.0649. The second-order valence-electron chi connectivity index (χ2n) is 4.41. The van der Waals surface area contributed by atoms with Crippen LogP contribution < -0.4 is 4.72 Å². The van der Waals surface area contributed by atoms with Gasteiger partial charge in [-0.2, -0.15) is 4.72 Å². The summed E-state index contributed by atoms with van der Waals surface area (Å²) < 4.78 is 31.2. The van der Waals surface area contributed by atoms with Crippen molar-refractivity contribution in [3.05, 3.63) is 17.6 Å². The van der Waals surface area contributed by atoms with Crippen LogP contribution in [0.25, 0.3) is 0 Å². The molecule has 1 amide bonds. The van der Waals surface area contributed by atoms with E-state index in [-0.39, 0.29) is 10.7 Å². The Kier molecular flexibility index (Phi) is 4.56. The van der Waals surface area contributed by atoms with E-state index >= 15 is 0 Å². The lowest BCUT2D eigenvalue weighted by atomic mass is 10.3. The van der Waals surface area contributed by atoms with Gasteiger partial charge in [0, 0.05) is 20.2 Å². The van der Waals surface area contributed by atoms with E-state index in [9.17, 15) is 18.0 Å². The molecule has 1 aromatic heterocycles. The third-order valence-electron chi connectivity index (χ3n) is 2.52. The van der Waals surface area contributed by atoms with Gasteiger partial charge in [0.25, 0.3) is 0 Å². The molecule has 1 unspecified atom stereocenters. The number of nitrogens with zero attached hydrogens (tertiary/aromatic N) is 1. The molecular formula is C11H16N2O6S. The predicted octanol–water partition coefficient (Wildman–Crippen LogP) is 0.0412. The molecule has 0 spiro atoms. The summed E-state index contributed by atoms with van der Waals surface area (Å²) in [4.78, 5) is 23.3. The van der Waals surface area contributed by atoms with Crippen molar-refractivity contribution < 1.29 is 27.5 Å². The van der Waals surface area contributed by atoms with Crippen molar-refractivity contribution in [2.24, 2.45) is 0 Å². The zero-order valence-corrected chi connectivity index (χ0v) is 12.3. The summed E-state index contributed by atoms with van der Waals surface area (Å²) in [5.74, 6) is -2.32. The lowest BCUT2D eigenvalue weighted by molar-refractivity contribution is -0.130. The van der Waals surface area contributed by atoms with Crippen molar-refractivity contribution in [3.63, 3.8) is 0 Å². The third kappa shape index (κ3) is 3.36. The van der Waals surface area contributed by atoms with Crippen molar-refractivity contribution in [2.45, 2.75) is 24.8 Å². The Morgan fingerprint density at radius 2 is 1.95 bits per heavy atom. The van der Waals surface area contributed by atoms with Crippen LogP contribution in [0.15, 0.2) is 15.4 Å². The van der Waals surface area contributed by atoms with Crippen molar-refractivity contribution in [2.75, 3.05) is 14.1 Å². The number of carboxylic acid groups (broad SMARTS) is 1. The molecule has 20 heavy (non-hydrogen) atoms. The van der Waals surface area contributed by atoms with Gasteiger partial charge in [-0.05, 0) is 13.8 Å². The predicted molar refractivity (Wildman–Crippen MR) is 68.9 cm³/mol. The molecule has 0 aliphatic carbocycles. The lowest BCUT2D eigenvalue weighted by Gasteiger charge is -2.17. The highest BCUT2D eigenvalue weighted by Crippen LogP contribution is 2.20. The van der Waals surface area contributed by atoms with Crippen molar-refractivity contribution in [3.8, 4) is 0 Å². The summed E-state index contributed by atoms with van der Waals surface area (Å²) in [5.41, 5.74) is 0. The van der Waals surface area contributed by atoms with E-state index in [1.807, 2.05) is 0 Å². The number of sulfonamides is 1. The molecule has 112 valence electrons. The van der Waals surface area contributed by atoms with Gasteiger partial charge in [-0.25, -0.2) is 13.2 Å². The molecule has 9 heteroatoms. The van der Waals surface area contributed by atoms with E-state index in [2.05, 4.69) is 4.72 Å². The Hall–Kier alpha value is -1.87. The summed E-state index contributed by atoms with van der Waals surface area (Å²) in [7, 11) is -1.04. The van der Waals surface area contributed by atoms with Crippen LogP contribution in [-0.4, -0.2) is 50.4 Å². The van der Waals surface area contributed by atoms with E-state index in [0.717, 1.165) is 6.07 Å². The number of hydrogen-bond acceptors (Lipinski definition) is 5. The highest BCUT2D eigenvalue weighted by molar-refractivity contribution is 7.89. The molecule has 0 saturated heterocycles. The Balaban J connectivity index is 3.06. The van der Waals surface area contributed by atoms with Gasteiger partial charge >= 0.3 is 5.97 Å². The summed E-state index contributed by atoms with van der Waals surface area (Å²) >= 11 is 0. The molecule has 0 fully saturated rings. The standard InChI is InChI=1S/C11H16N2O6S/c1-6(10(14)13(3)4)12-20(17,18)9-5-8(11(15)16)19-7(9)2/h5-6,12H,1-4H3,(H,15,16). The van der Waals surface area contributed by atoms with E-state index in [4.69, 9.17) is 9.52 Å². The van der Waals surface area contributed by atoms with E-state index < -0.39 is 33.7 Å². The zero-order valence-electron chi connectivity index (χ0n) is 11.5. The minimum absolute atomic E-state index is 0.0561. The maximum Gasteiger partial charge on any atom is 0.371 e. The number of carbonyl (C=O) groups is 2. The molecule has 0 aliphatic rings. The first-order chi connectivity index (χ1) is 9.06. The number of rotatable bonds is 5. The van der Waals surface area contributed by atoms with Gasteiger partial charge in [0.1, 0.15) is 10.7 Å². The first-order valence-corrected chi connectivity index (χ1v) is 7.11. The molecular weight excluding hydrogens is 288 g/mol. The minimum atomic E-state index is -4.04. The molecule has 1 heterocycles. The normalized spacial score (nSPS) is 13.0. The highest BCUT2D eigenvalue weighted by Gasteiger charge is 2.27. The number of hydrogen-bond donors (Lipinski definition) is 2. The number of carbonyl (C=O) groups excluding carboxylic acids is 1. The topological polar surface area (TPSA) is 117 Å². The number of furan rings is 1. The highest BCUT2D eigenvalue weighted by atomic mass is 32.2. The molecule has 1 aromatic rings. The fraction of sp³-hybridized carbons (Fsp3) is 0.455. The van der Waals surface area contributed by atoms with Gasteiger partial charge in [0.15, 0.2) is 0 Å². The van der Waals surface area contributed by atoms with Crippen LogP contribution in [0.1, 0.15) is 23.2 Å². The van der Waals surface area contributed by atoms with Crippen LogP contribution >= 0.6 is 0 Å². The first kappa shape index (κ1) is 16.2. The van der Waals surface area contributed by atoms with Gasteiger partial charge in [0.2, 0.25) is 21.7 Å². The fourth-order valence-corrected chi connectivity index (χ4v) is 2.95. The molecule has 0 radical (unpaired) electrons. The van der Waals surface area contributed by atoms with Gasteiger partial charge < -0.3 is 14.4 Å². The van der Waals surface area contributed by atoms with E-state index in [0.29, 0.717) is 0 Å². The second kappa shape index (κ2) is 5.63. The van der Waals surface area contributed by atoms with Crippen molar-refractivity contribution in [1.29, 1.82) is 0 Å². The fourth-order valence-electron chi connectivity index (χ4n) is 1.57. The van der Waals surface area contributed by atoms with Gasteiger partial charge in [-0.15, -0.1) is 0 Å². The number of amides is 1. The van der Waals surface area contributed by atoms with Crippen LogP contribution in [0.5, 0.6) is 0 Å². The Morgan fingerprint density at radius 1 is 1.40 bits per heavy atom. The maximum absolute atomic E-state index is 12.1. The molecule has 0 saturated carbocycles. The molecule has 8 nitrogen and oxygen atoms in total. The molecule has 0 bridgehead atoms. The number of aromatic carboxylic acids is 1. The monoisotopic (exact) mass is 304 g/mol. The van der Waals surface area contributed by atoms with Crippen LogP contribution in [-0.2, 0) is 14.8 Å². The Morgan fingerprint density at radius 3 is 2.35 bits per heavy atom. The van der Waals surface area contributed by atoms with E-state index in [1.165, 1.54) is 32.8 Å². The van der Waals surface area contributed by atoms with Crippen LogP contribution in [0.3, 0.4) is 0 Å². The number of nitrogens with one attached hydrogen (secondary N) is 1. The van der Waals surface area contributed by atoms with Gasteiger partial charge in [-0.1, -0.05) is 0 Å². The summed E-state index contributed by atoms with van der Waals surface area (Å²) in [6.07, 6.45) is 0. The molecule has 2 N–H and O–H groups in total.